The van der Waals surface area contributed by atoms with Crippen LogP contribution in [0.5, 0.6) is 11.5 Å². The Balaban J connectivity index is 1.35. The Morgan fingerprint density at radius 1 is 0.750 bits per heavy atom. The molecule has 24 heavy (non-hydrogen) atoms. The molecule has 1 aliphatic carbocycles. The molecule has 0 heterocycles. The van der Waals surface area contributed by atoms with Crippen molar-refractivity contribution >= 4 is 0 Å². The molecule has 0 amide bonds. The molecule has 3 rings (SSSR count). The number of rotatable bonds is 8. The molecule has 0 unspecified atom stereocenters. The van der Waals surface area contributed by atoms with Crippen LogP contribution in [0.1, 0.15) is 37.7 Å². The van der Waals surface area contributed by atoms with E-state index in [1.165, 1.54) is 37.7 Å². The van der Waals surface area contributed by atoms with Crippen LogP contribution in [0.2, 0.25) is 0 Å². The van der Waals surface area contributed by atoms with Gasteiger partial charge in [-0.3, -0.25) is 0 Å². The van der Waals surface area contributed by atoms with Crippen LogP contribution in [-0.2, 0) is 6.54 Å². The van der Waals surface area contributed by atoms with Gasteiger partial charge < -0.3 is 14.8 Å². The highest BCUT2D eigenvalue weighted by Gasteiger charge is 2.12. The van der Waals surface area contributed by atoms with E-state index in [-0.39, 0.29) is 0 Å². The standard InChI is InChI=1S/C21H27NO2/c1-3-7-19(8-4-1)22-17-18-11-13-21(14-12-18)24-16-15-23-20-9-5-2-6-10-20/h2,5-6,9-14,19,22H,1,3-4,7-8,15-17H2. The summed E-state index contributed by atoms with van der Waals surface area (Å²) < 4.78 is 11.4. The Kier molecular flexibility index (Phi) is 6.55. The van der Waals surface area contributed by atoms with Gasteiger partial charge in [0.2, 0.25) is 0 Å². The lowest BCUT2D eigenvalue weighted by Crippen LogP contribution is -2.30. The van der Waals surface area contributed by atoms with E-state index in [0.717, 1.165) is 18.0 Å². The monoisotopic (exact) mass is 325 g/mol. The average Bonchev–Trinajstić information content (AvgIpc) is 2.66. The SMILES string of the molecule is c1ccc(OCCOc2ccc(CNC3CCCCC3)cc2)cc1. The molecule has 1 saturated carbocycles. The fourth-order valence-electron chi connectivity index (χ4n) is 3.11. The summed E-state index contributed by atoms with van der Waals surface area (Å²) in [6.07, 6.45) is 6.79. The van der Waals surface area contributed by atoms with E-state index in [2.05, 4.69) is 17.4 Å². The summed E-state index contributed by atoms with van der Waals surface area (Å²) in [5, 5.41) is 3.67. The van der Waals surface area contributed by atoms with Gasteiger partial charge in [-0.05, 0) is 42.7 Å². The van der Waals surface area contributed by atoms with Crippen molar-refractivity contribution in [2.24, 2.45) is 0 Å². The van der Waals surface area contributed by atoms with Crippen molar-refractivity contribution in [1.29, 1.82) is 0 Å². The molecule has 0 saturated heterocycles. The van der Waals surface area contributed by atoms with E-state index < -0.39 is 0 Å². The maximum Gasteiger partial charge on any atom is 0.122 e. The molecule has 1 N–H and O–H groups in total. The molecule has 2 aromatic rings. The van der Waals surface area contributed by atoms with Gasteiger partial charge >= 0.3 is 0 Å². The summed E-state index contributed by atoms with van der Waals surface area (Å²) >= 11 is 0. The predicted molar refractivity (Wildman–Crippen MR) is 97.6 cm³/mol. The van der Waals surface area contributed by atoms with Crippen LogP contribution < -0.4 is 14.8 Å². The summed E-state index contributed by atoms with van der Waals surface area (Å²) in [6, 6.07) is 18.9. The van der Waals surface area contributed by atoms with Gasteiger partial charge in [-0.15, -0.1) is 0 Å². The third-order valence-electron chi connectivity index (χ3n) is 4.49. The Bertz CT molecular complexity index is 577. The molecule has 128 valence electrons. The van der Waals surface area contributed by atoms with Gasteiger partial charge in [-0.25, -0.2) is 0 Å². The normalized spacial score (nSPS) is 15.2. The molecular formula is C21H27NO2. The summed E-state index contributed by atoms with van der Waals surface area (Å²) in [5.41, 5.74) is 1.31. The summed E-state index contributed by atoms with van der Waals surface area (Å²) in [5.74, 6) is 1.78. The number of ether oxygens (including phenoxy) is 2. The summed E-state index contributed by atoms with van der Waals surface area (Å²) in [4.78, 5) is 0. The van der Waals surface area contributed by atoms with Crippen LogP contribution in [0, 0.1) is 0 Å². The van der Waals surface area contributed by atoms with Gasteiger partial charge in [-0.2, -0.15) is 0 Å². The summed E-state index contributed by atoms with van der Waals surface area (Å²) in [6.45, 7) is 2.05. The molecular weight excluding hydrogens is 298 g/mol. The largest absolute Gasteiger partial charge is 0.490 e. The molecule has 0 radical (unpaired) electrons. The van der Waals surface area contributed by atoms with Gasteiger partial charge in [0.1, 0.15) is 24.7 Å². The van der Waals surface area contributed by atoms with Crippen molar-refractivity contribution in [1.82, 2.24) is 5.32 Å². The lowest BCUT2D eigenvalue weighted by molar-refractivity contribution is 0.217. The third-order valence-corrected chi connectivity index (χ3v) is 4.49. The first-order valence-corrected chi connectivity index (χ1v) is 9.03. The van der Waals surface area contributed by atoms with Crippen molar-refractivity contribution in [2.45, 2.75) is 44.7 Å². The fraction of sp³-hybridized carbons (Fsp3) is 0.429. The van der Waals surface area contributed by atoms with Gasteiger partial charge in [-0.1, -0.05) is 49.6 Å². The highest BCUT2D eigenvalue weighted by molar-refractivity contribution is 5.27. The number of hydrogen-bond acceptors (Lipinski definition) is 3. The lowest BCUT2D eigenvalue weighted by Gasteiger charge is -2.22. The predicted octanol–water partition coefficient (Wildman–Crippen LogP) is 4.57. The first-order valence-electron chi connectivity index (χ1n) is 9.03. The van der Waals surface area contributed by atoms with Crippen LogP contribution in [0.4, 0.5) is 0 Å². The minimum Gasteiger partial charge on any atom is -0.490 e. The Labute approximate surface area is 145 Å². The second kappa shape index (κ2) is 9.33. The van der Waals surface area contributed by atoms with Crippen molar-refractivity contribution in [3.05, 3.63) is 60.2 Å². The lowest BCUT2D eigenvalue weighted by atomic mass is 9.95. The Hall–Kier alpha value is -2.00. The first-order chi connectivity index (χ1) is 11.9. The molecule has 1 aliphatic rings. The van der Waals surface area contributed by atoms with E-state index in [1.54, 1.807) is 0 Å². The molecule has 0 spiro atoms. The third kappa shape index (κ3) is 5.57. The second-order valence-corrected chi connectivity index (χ2v) is 6.37. The number of benzene rings is 2. The van der Waals surface area contributed by atoms with Gasteiger partial charge in [0, 0.05) is 12.6 Å². The highest BCUT2D eigenvalue weighted by atomic mass is 16.5. The molecule has 3 nitrogen and oxygen atoms in total. The minimum atomic E-state index is 0.550. The number of hydrogen-bond donors (Lipinski definition) is 1. The average molecular weight is 325 g/mol. The molecule has 0 atom stereocenters. The topological polar surface area (TPSA) is 30.5 Å². The fourth-order valence-corrected chi connectivity index (χ4v) is 3.11. The van der Waals surface area contributed by atoms with Crippen molar-refractivity contribution in [3.8, 4) is 11.5 Å². The van der Waals surface area contributed by atoms with Gasteiger partial charge in [0.05, 0.1) is 0 Å². The van der Waals surface area contributed by atoms with Crippen LogP contribution >= 0.6 is 0 Å². The molecule has 2 aromatic carbocycles. The van der Waals surface area contributed by atoms with E-state index >= 15 is 0 Å². The molecule has 0 bridgehead atoms. The van der Waals surface area contributed by atoms with Crippen LogP contribution in [0.25, 0.3) is 0 Å². The number of para-hydroxylation sites is 1. The van der Waals surface area contributed by atoms with Crippen LogP contribution in [-0.4, -0.2) is 19.3 Å². The minimum absolute atomic E-state index is 0.550. The smallest absolute Gasteiger partial charge is 0.122 e. The second-order valence-electron chi connectivity index (χ2n) is 6.37. The number of nitrogens with one attached hydrogen (secondary N) is 1. The molecule has 0 aliphatic heterocycles. The zero-order valence-electron chi connectivity index (χ0n) is 14.2. The van der Waals surface area contributed by atoms with Crippen molar-refractivity contribution in [3.63, 3.8) is 0 Å². The quantitative estimate of drug-likeness (QED) is 0.721. The molecule has 1 fully saturated rings. The van der Waals surface area contributed by atoms with Crippen LogP contribution in [0.3, 0.4) is 0 Å². The van der Waals surface area contributed by atoms with Crippen molar-refractivity contribution < 1.29 is 9.47 Å². The maximum absolute atomic E-state index is 5.73. The summed E-state index contributed by atoms with van der Waals surface area (Å²) in [7, 11) is 0. The Morgan fingerprint density at radius 3 is 2.04 bits per heavy atom. The first kappa shape index (κ1) is 16.8. The molecule has 0 aromatic heterocycles. The van der Waals surface area contributed by atoms with E-state index in [0.29, 0.717) is 19.3 Å². The highest BCUT2D eigenvalue weighted by Crippen LogP contribution is 2.18. The van der Waals surface area contributed by atoms with Crippen molar-refractivity contribution in [2.75, 3.05) is 13.2 Å². The molecule has 3 heteroatoms. The van der Waals surface area contributed by atoms with E-state index in [4.69, 9.17) is 9.47 Å². The Morgan fingerprint density at radius 2 is 1.38 bits per heavy atom. The van der Waals surface area contributed by atoms with Crippen LogP contribution in [0.15, 0.2) is 54.6 Å². The van der Waals surface area contributed by atoms with Gasteiger partial charge in [0.15, 0.2) is 0 Å². The zero-order valence-corrected chi connectivity index (χ0v) is 14.2. The maximum atomic E-state index is 5.73. The van der Waals surface area contributed by atoms with Gasteiger partial charge in [0.25, 0.3) is 0 Å². The zero-order chi connectivity index (χ0) is 16.5. The van der Waals surface area contributed by atoms with E-state index in [9.17, 15) is 0 Å². The van der Waals surface area contributed by atoms with E-state index in [1.807, 2.05) is 42.5 Å².